The zero-order valence-electron chi connectivity index (χ0n) is 40.9. The zero-order chi connectivity index (χ0) is 54.2. The molecular weight excluding hydrogens is 971 g/mol. The van der Waals surface area contributed by atoms with E-state index in [2.05, 4.69) is 26.6 Å². The van der Waals surface area contributed by atoms with E-state index in [9.17, 15) is 73.5 Å². The summed E-state index contributed by atoms with van der Waals surface area (Å²) < 4.78 is 0. The van der Waals surface area contributed by atoms with Crippen LogP contribution in [0.5, 0.6) is 0 Å². The van der Waals surface area contributed by atoms with Gasteiger partial charge in [-0.2, -0.15) is 0 Å². The van der Waals surface area contributed by atoms with E-state index in [0.29, 0.717) is 32.2 Å². The van der Waals surface area contributed by atoms with Gasteiger partial charge < -0.3 is 71.9 Å². The molecule has 2 aliphatic rings. The largest absolute Gasteiger partial charge is 0.481 e. The van der Waals surface area contributed by atoms with Crippen LogP contribution in [0.25, 0.3) is 10.8 Å². The molecule has 0 radical (unpaired) electrons. The number of carboxylic acids is 6. The lowest BCUT2D eigenvalue weighted by Crippen LogP contribution is -2.51. The lowest BCUT2D eigenvalue weighted by Gasteiger charge is -2.30. The number of carbonyl (C=O) groups excluding carboxylic acids is 4. The standard InChI is InChI=1S/C49H67N9O16/c59-40(28-55-17-19-56(29-42(62)63)21-23-58(31-44(66)67)24-22-57(20-18-55)30-43(64)65)51-27-32-8-12-35(13-9-32)45(68)52-39(26-33-10-11-34-5-1-2-6-36(34)25-33)46(69)50-16-4-3-7-37(47(70)71)53-49(74)54-38(48(72)73)14-15-41(60)61/h1-2,5-6,10-11,17,19,21,23,25,32,35,37-39H,3-4,7-9,12-16,18,20,22,24,26-31H2,(H,50,69)(H,51,59)(H,52,68)(H,60,61)(H,62,63)(H,64,65)(H,66,67)(H,70,71)(H,72,73)(H2,53,54,74)/b19-17-,23-21-/t32?,35?,37-,38-,39-/m0/s1. The highest BCUT2D eigenvalue weighted by Crippen LogP contribution is 2.29. The molecule has 0 bridgehead atoms. The number of unbranched alkanes of at least 4 members (excludes halogenated alkanes) is 1. The SMILES string of the molecule is O=C(O)CC[C@H](NC(=O)N[C@@H](CCCCNC(=O)[C@H](Cc1ccc2ccccc2c1)NC(=O)C1CCC(CNC(=O)CN2/C=C\N(CC(=O)O)/C=C\N(CC(=O)O)CCN(CC(=O)O)CC2)CC1)C(=O)O)C(=O)O. The molecule has 0 unspecified atom stereocenters. The monoisotopic (exact) mass is 1040 g/mol. The number of hydrogen-bond donors (Lipinski definition) is 11. The molecule has 3 atom stereocenters. The number of hydrogen-bond acceptors (Lipinski definition) is 14. The molecule has 1 heterocycles. The molecule has 25 heteroatoms. The van der Waals surface area contributed by atoms with Crippen LogP contribution in [0.2, 0.25) is 0 Å². The van der Waals surface area contributed by atoms with Crippen LogP contribution >= 0.6 is 0 Å². The lowest BCUT2D eigenvalue weighted by atomic mass is 9.81. The van der Waals surface area contributed by atoms with Crippen LogP contribution in [0.15, 0.2) is 67.3 Å². The number of carboxylic acid groups (broad SMARTS) is 6. The van der Waals surface area contributed by atoms with Gasteiger partial charge >= 0.3 is 41.8 Å². The van der Waals surface area contributed by atoms with Gasteiger partial charge in [0.15, 0.2) is 0 Å². The maximum atomic E-state index is 13.8. The second-order valence-corrected chi connectivity index (χ2v) is 18.3. The average Bonchev–Trinajstić information content (AvgIpc) is 3.34. The Morgan fingerprint density at radius 2 is 1.16 bits per heavy atom. The van der Waals surface area contributed by atoms with Crippen molar-refractivity contribution < 1.29 is 78.6 Å². The van der Waals surface area contributed by atoms with Crippen molar-refractivity contribution in [2.45, 2.75) is 82.3 Å². The maximum absolute atomic E-state index is 13.8. The topological polar surface area (TPSA) is 365 Å². The molecule has 2 aromatic rings. The third kappa shape index (κ3) is 21.8. The molecule has 404 valence electrons. The maximum Gasteiger partial charge on any atom is 0.326 e. The first-order valence-electron chi connectivity index (χ1n) is 24.3. The summed E-state index contributed by atoms with van der Waals surface area (Å²) in [6, 6.07) is 8.38. The number of nitrogens with zero attached hydrogens (tertiary/aromatic N) is 4. The molecule has 0 aromatic heterocycles. The number of rotatable bonds is 27. The van der Waals surface area contributed by atoms with E-state index in [4.69, 9.17) is 5.11 Å². The highest BCUT2D eigenvalue weighted by atomic mass is 16.4. The Morgan fingerprint density at radius 1 is 0.568 bits per heavy atom. The van der Waals surface area contributed by atoms with Gasteiger partial charge in [-0.25, -0.2) is 14.4 Å². The van der Waals surface area contributed by atoms with Crippen LogP contribution in [0, 0.1) is 11.8 Å². The Kier molecular flexibility index (Phi) is 23.9. The van der Waals surface area contributed by atoms with Gasteiger partial charge in [0.25, 0.3) is 0 Å². The van der Waals surface area contributed by atoms with E-state index in [1.807, 2.05) is 42.5 Å². The second kappa shape index (κ2) is 30.2. The fourth-order valence-electron chi connectivity index (χ4n) is 8.43. The molecule has 74 heavy (non-hydrogen) atoms. The molecule has 1 aliphatic heterocycles. The molecule has 25 nitrogen and oxygen atoms in total. The Morgan fingerprint density at radius 3 is 1.76 bits per heavy atom. The van der Waals surface area contributed by atoms with Crippen LogP contribution in [-0.4, -0.2) is 193 Å². The van der Waals surface area contributed by atoms with Gasteiger partial charge in [0.05, 0.1) is 13.1 Å². The van der Waals surface area contributed by atoms with Crippen LogP contribution in [0.3, 0.4) is 0 Å². The van der Waals surface area contributed by atoms with Gasteiger partial charge in [-0.3, -0.25) is 38.5 Å². The summed E-state index contributed by atoms with van der Waals surface area (Å²) in [5.41, 5.74) is 0.796. The number of amides is 5. The Bertz CT molecular complexity index is 2360. The van der Waals surface area contributed by atoms with Crippen molar-refractivity contribution in [3.05, 3.63) is 72.8 Å². The first-order chi connectivity index (χ1) is 35.2. The Hall–Kier alpha value is -7.96. The van der Waals surface area contributed by atoms with Gasteiger partial charge in [-0.05, 0) is 73.6 Å². The van der Waals surface area contributed by atoms with Crippen LogP contribution in [-0.2, 0) is 49.6 Å². The van der Waals surface area contributed by atoms with E-state index in [-0.39, 0.29) is 89.2 Å². The van der Waals surface area contributed by atoms with Crippen molar-refractivity contribution in [1.82, 2.24) is 46.2 Å². The minimum atomic E-state index is -1.55. The third-order valence-electron chi connectivity index (χ3n) is 12.5. The van der Waals surface area contributed by atoms with E-state index in [1.54, 1.807) is 9.80 Å². The van der Waals surface area contributed by atoms with E-state index < -0.39 is 97.7 Å². The minimum absolute atomic E-state index is 0.0355. The normalized spacial score (nSPS) is 18.5. The van der Waals surface area contributed by atoms with Gasteiger partial charge in [0, 0.05) is 82.8 Å². The van der Waals surface area contributed by atoms with Crippen molar-refractivity contribution in [2.75, 3.05) is 65.4 Å². The summed E-state index contributed by atoms with van der Waals surface area (Å²) in [7, 11) is 0. The Labute approximate surface area is 426 Å². The minimum Gasteiger partial charge on any atom is -0.481 e. The average molecular weight is 1040 g/mol. The molecule has 4 rings (SSSR count). The van der Waals surface area contributed by atoms with E-state index in [1.165, 1.54) is 34.6 Å². The van der Waals surface area contributed by atoms with Gasteiger partial charge in [-0.1, -0.05) is 42.5 Å². The summed E-state index contributed by atoms with van der Waals surface area (Å²) in [5.74, 6) is -9.01. The first kappa shape index (κ1) is 58.6. The highest BCUT2D eigenvalue weighted by molar-refractivity contribution is 5.90. The molecule has 0 spiro atoms. The molecule has 0 saturated heterocycles. The predicted octanol–water partition coefficient (Wildman–Crippen LogP) is 0.564. The molecule has 5 amide bonds. The van der Waals surface area contributed by atoms with Crippen LogP contribution in [0.1, 0.15) is 63.4 Å². The fraction of sp³-hybridized carbons (Fsp3) is 0.510. The first-order valence-corrected chi connectivity index (χ1v) is 24.3. The smallest absolute Gasteiger partial charge is 0.326 e. The molecule has 1 aliphatic carbocycles. The highest BCUT2D eigenvalue weighted by Gasteiger charge is 2.31. The van der Waals surface area contributed by atoms with Crippen molar-refractivity contribution in [2.24, 2.45) is 11.8 Å². The summed E-state index contributed by atoms with van der Waals surface area (Å²) in [5, 5.41) is 71.1. The van der Waals surface area contributed by atoms with Gasteiger partial charge in [0.2, 0.25) is 17.7 Å². The number of nitrogens with one attached hydrogen (secondary N) is 5. The quantitative estimate of drug-likeness (QED) is 0.0545. The Balaban J connectivity index is 1.32. The van der Waals surface area contributed by atoms with Crippen molar-refractivity contribution in [3.8, 4) is 0 Å². The molecule has 11 N–H and O–H groups in total. The number of aliphatic carboxylic acids is 6. The van der Waals surface area contributed by atoms with Crippen molar-refractivity contribution >= 4 is 70.3 Å². The number of fused-ring (bicyclic) bond motifs is 1. The van der Waals surface area contributed by atoms with Crippen LogP contribution < -0.4 is 26.6 Å². The number of urea groups is 1. The van der Waals surface area contributed by atoms with Gasteiger partial charge in [0.1, 0.15) is 31.2 Å². The summed E-state index contributed by atoms with van der Waals surface area (Å²) in [4.78, 5) is 128. The molecule has 2 aromatic carbocycles. The second-order valence-electron chi connectivity index (χ2n) is 18.3. The fourth-order valence-corrected chi connectivity index (χ4v) is 8.43. The number of carbonyl (C=O) groups is 10. The molecule has 1 fully saturated rings. The summed E-state index contributed by atoms with van der Waals surface area (Å²) in [6.07, 6.45) is 7.57. The zero-order valence-corrected chi connectivity index (χ0v) is 40.9. The van der Waals surface area contributed by atoms with Crippen LogP contribution in [0.4, 0.5) is 4.79 Å². The van der Waals surface area contributed by atoms with E-state index >= 15 is 0 Å². The van der Waals surface area contributed by atoms with Gasteiger partial charge in [-0.15, -0.1) is 0 Å². The van der Waals surface area contributed by atoms with Crippen molar-refractivity contribution in [1.29, 1.82) is 0 Å². The molecule has 1 saturated carbocycles. The third-order valence-corrected chi connectivity index (χ3v) is 12.5. The number of benzene rings is 2. The summed E-state index contributed by atoms with van der Waals surface area (Å²) >= 11 is 0. The van der Waals surface area contributed by atoms with E-state index in [0.717, 1.165) is 16.3 Å². The predicted molar refractivity (Wildman–Crippen MR) is 264 cm³/mol. The lowest BCUT2D eigenvalue weighted by molar-refractivity contribution is -0.141. The molecular formula is C49H67N9O16. The van der Waals surface area contributed by atoms with Crippen molar-refractivity contribution in [3.63, 3.8) is 0 Å². The summed E-state index contributed by atoms with van der Waals surface area (Å²) in [6.45, 7) is -0.204.